The molecule has 0 saturated carbocycles. The maximum Gasteiger partial charge on any atom is 0.0662 e. The summed E-state index contributed by atoms with van der Waals surface area (Å²) in [5.74, 6) is 0. The Labute approximate surface area is 163 Å². The van der Waals surface area contributed by atoms with Gasteiger partial charge in [-0.2, -0.15) is 0 Å². The molecule has 9 heteroatoms. The standard InChI is InChI=1S/C6H14O3.2C5H12O2.C2H6O2/c1-2-6(3-7,4-8)5-9;1-5(2,3-6)4-7;6-4-2-1-3-5-7;3-1-2-4/h7-9H,2-5H2,1H3;6-7H,3-4H2,1-2H3;6-7H,1-5H2;3-4H,1-2H2. The molecule has 27 heavy (non-hydrogen) atoms. The number of hydrogen-bond acceptors (Lipinski definition) is 9. The van der Waals surface area contributed by atoms with Gasteiger partial charge in [0.2, 0.25) is 0 Å². The molecular formula is C18H44O9. The van der Waals surface area contributed by atoms with Crippen LogP contribution in [0.2, 0.25) is 0 Å². The van der Waals surface area contributed by atoms with E-state index in [0.717, 1.165) is 19.3 Å². The maximum atomic E-state index is 8.66. The summed E-state index contributed by atoms with van der Waals surface area (Å²) in [7, 11) is 0. The van der Waals surface area contributed by atoms with Crippen LogP contribution in [-0.4, -0.2) is 105 Å². The van der Waals surface area contributed by atoms with Crippen LogP contribution < -0.4 is 0 Å². The first-order valence-electron chi connectivity index (χ1n) is 9.17. The Hall–Kier alpha value is -0.360. The molecule has 0 atom stereocenters. The minimum absolute atomic E-state index is 0.0451. The van der Waals surface area contributed by atoms with E-state index in [4.69, 9.17) is 46.0 Å². The third-order valence-corrected chi connectivity index (χ3v) is 3.53. The molecule has 9 nitrogen and oxygen atoms in total. The molecule has 0 unspecified atom stereocenters. The summed E-state index contributed by atoms with van der Waals surface area (Å²) >= 11 is 0. The second-order valence-electron chi connectivity index (χ2n) is 6.76. The summed E-state index contributed by atoms with van der Waals surface area (Å²) in [5.41, 5.74) is -0.972. The van der Waals surface area contributed by atoms with Gasteiger partial charge in [0.1, 0.15) is 0 Å². The Morgan fingerprint density at radius 3 is 0.889 bits per heavy atom. The number of unbranched alkanes of at least 4 members (excludes halogenated alkanes) is 2. The van der Waals surface area contributed by atoms with Gasteiger partial charge in [0, 0.05) is 24.0 Å². The van der Waals surface area contributed by atoms with Crippen LogP contribution in [0.15, 0.2) is 0 Å². The van der Waals surface area contributed by atoms with Gasteiger partial charge in [0.15, 0.2) is 0 Å². The fraction of sp³-hybridized carbons (Fsp3) is 1.00. The van der Waals surface area contributed by atoms with Crippen molar-refractivity contribution in [2.75, 3.05) is 59.5 Å². The fourth-order valence-electron chi connectivity index (χ4n) is 0.936. The normalized spacial score (nSPS) is 10.7. The monoisotopic (exact) mass is 404 g/mol. The molecule has 9 N–H and O–H groups in total. The van der Waals surface area contributed by atoms with E-state index in [1.807, 2.05) is 6.92 Å². The van der Waals surface area contributed by atoms with Gasteiger partial charge >= 0.3 is 0 Å². The average Bonchev–Trinajstić information content (AvgIpc) is 2.72. The molecule has 170 valence electrons. The second kappa shape index (κ2) is 25.6. The SMILES string of the molecule is CC(C)(CO)CO.CCC(CO)(CO)CO.OCCCCCO.OCCO. The Balaban J connectivity index is -0.000000135. The van der Waals surface area contributed by atoms with E-state index in [1.165, 1.54) is 0 Å². The lowest BCUT2D eigenvalue weighted by Crippen LogP contribution is -2.32. The van der Waals surface area contributed by atoms with Crippen molar-refractivity contribution in [3.63, 3.8) is 0 Å². The van der Waals surface area contributed by atoms with Crippen LogP contribution in [0.5, 0.6) is 0 Å². The smallest absolute Gasteiger partial charge is 0.0662 e. The molecule has 0 aliphatic rings. The molecule has 0 fully saturated rings. The summed E-state index contributed by atoms with van der Waals surface area (Å²) in [6.45, 7) is 5.29. The van der Waals surface area contributed by atoms with Gasteiger partial charge in [-0.25, -0.2) is 0 Å². The summed E-state index contributed by atoms with van der Waals surface area (Å²) in [5, 5.41) is 74.5. The van der Waals surface area contributed by atoms with E-state index in [2.05, 4.69) is 0 Å². The first-order chi connectivity index (χ1) is 12.7. The van der Waals surface area contributed by atoms with Crippen LogP contribution in [0.4, 0.5) is 0 Å². The molecule has 0 aromatic heterocycles. The van der Waals surface area contributed by atoms with Gasteiger partial charge in [-0.1, -0.05) is 20.8 Å². The van der Waals surface area contributed by atoms with Crippen LogP contribution in [0.1, 0.15) is 46.5 Å². The molecule has 0 aliphatic carbocycles. The van der Waals surface area contributed by atoms with Crippen molar-refractivity contribution in [3.8, 4) is 0 Å². The highest BCUT2D eigenvalue weighted by atomic mass is 16.3. The minimum atomic E-state index is -0.667. The first kappa shape index (κ1) is 34.2. The molecule has 0 aliphatic heterocycles. The first-order valence-corrected chi connectivity index (χ1v) is 9.17. The van der Waals surface area contributed by atoms with Gasteiger partial charge in [0.05, 0.1) is 46.2 Å². The Morgan fingerprint density at radius 2 is 0.815 bits per heavy atom. The zero-order chi connectivity index (χ0) is 22.2. The number of aliphatic hydroxyl groups excluding tert-OH is 9. The maximum absolute atomic E-state index is 8.66. The van der Waals surface area contributed by atoms with Gasteiger partial charge in [-0.3, -0.25) is 0 Å². The summed E-state index contributed by atoms with van der Waals surface area (Å²) in [6.07, 6.45) is 3.17. The third kappa shape index (κ3) is 28.0. The van der Waals surface area contributed by atoms with Crippen LogP contribution in [0.25, 0.3) is 0 Å². The molecular weight excluding hydrogens is 360 g/mol. The quantitative estimate of drug-likeness (QED) is 0.184. The lowest BCUT2D eigenvalue weighted by atomic mass is 9.88. The molecule has 0 heterocycles. The molecule has 0 spiro atoms. The second-order valence-corrected chi connectivity index (χ2v) is 6.76. The van der Waals surface area contributed by atoms with Crippen molar-refractivity contribution < 1.29 is 46.0 Å². The topological polar surface area (TPSA) is 182 Å². The fourth-order valence-corrected chi connectivity index (χ4v) is 0.936. The van der Waals surface area contributed by atoms with Crippen molar-refractivity contribution in [2.45, 2.75) is 46.5 Å². The molecule has 0 aromatic carbocycles. The lowest BCUT2D eigenvalue weighted by molar-refractivity contribution is 0.00304. The molecule has 0 radical (unpaired) electrons. The molecule has 0 aromatic rings. The van der Waals surface area contributed by atoms with E-state index in [0.29, 0.717) is 6.42 Å². The van der Waals surface area contributed by atoms with Crippen molar-refractivity contribution in [2.24, 2.45) is 10.8 Å². The van der Waals surface area contributed by atoms with E-state index in [-0.39, 0.29) is 64.9 Å². The van der Waals surface area contributed by atoms with E-state index in [1.54, 1.807) is 13.8 Å². The Bertz CT molecular complexity index is 217. The lowest BCUT2D eigenvalue weighted by Gasteiger charge is -2.24. The largest absolute Gasteiger partial charge is 0.396 e. The van der Waals surface area contributed by atoms with E-state index >= 15 is 0 Å². The van der Waals surface area contributed by atoms with Gasteiger partial charge in [-0.15, -0.1) is 0 Å². The summed E-state index contributed by atoms with van der Waals surface area (Å²) in [6, 6.07) is 0. The van der Waals surface area contributed by atoms with Crippen LogP contribution in [0, 0.1) is 10.8 Å². The minimum Gasteiger partial charge on any atom is -0.396 e. The zero-order valence-electron chi connectivity index (χ0n) is 17.2. The summed E-state index contributed by atoms with van der Waals surface area (Å²) < 4.78 is 0. The molecule has 0 amide bonds. The van der Waals surface area contributed by atoms with Crippen LogP contribution in [-0.2, 0) is 0 Å². The number of aliphatic hydroxyl groups is 9. The van der Waals surface area contributed by atoms with Crippen LogP contribution >= 0.6 is 0 Å². The van der Waals surface area contributed by atoms with Crippen molar-refractivity contribution in [1.82, 2.24) is 0 Å². The van der Waals surface area contributed by atoms with Gasteiger partial charge < -0.3 is 46.0 Å². The molecule has 0 bridgehead atoms. The Morgan fingerprint density at radius 1 is 0.481 bits per heavy atom. The van der Waals surface area contributed by atoms with E-state index < -0.39 is 5.41 Å². The van der Waals surface area contributed by atoms with Gasteiger partial charge in [-0.05, 0) is 25.7 Å². The number of hydrogen-bond donors (Lipinski definition) is 9. The predicted molar refractivity (Wildman–Crippen MR) is 104 cm³/mol. The van der Waals surface area contributed by atoms with Gasteiger partial charge in [0.25, 0.3) is 0 Å². The number of rotatable bonds is 11. The highest BCUT2D eigenvalue weighted by molar-refractivity contribution is 4.74. The average molecular weight is 405 g/mol. The Kier molecular flexibility index (Phi) is 32.4. The van der Waals surface area contributed by atoms with Crippen molar-refractivity contribution in [1.29, 1.82) is 0 Å². The molecule has 0 saturated heterocycles. The highest BCUT2D eigenvalue weighted by Crippen LogP contribution is 2.18. The predicted octanol–water partition coefficient (Wildman–Crippen LogP) is -1.53. The van der Waals surface area contributed by atoms with Crippen molar-refractivity contribution >= 4 is 0 Å². The highest BCUT2D eigenvalue weighted by Gasteiger charge is 2.24. The summed E-state index contributed by atoms with van der Waals surface area (Å²) in [4.78, 5) is 0. The third-order valence-electron chi connectivity index (χ3n) is 3.53. The van der Waals surface area contributed by atoms with Crippen LogP contribution in [0.3, 0.4) is 0 Å². The zero-order valence-corrected chi connectivity index (χ0v) is 17.2. The van der Waals surface area contributed by atoms with E-state index in [9.17, 15) is 0 Å². The molecule has 0 rings (SSSR count). The van der Waals surface area contributed by atoms with Crippen molar-refractivity contribution in [3.05, 3.63) is 0 Å².